The van der Waals surface area contributed by atoms with E-state index in [9.17, 15) is 0 Å². The fourth-order valence-corrected chi connectivity index (χ4v) is 2.26. The monoisotopic (exact) mass is 284 g/mol. The molecule has 0 unspecified atom stereocenters. The fraction of sp³-hybridized carbons (Fsp3) is 0.250. The van der Waals surface area contributed by atoms with Gasteiger partial charge in [-0.15, -0.1) is 11.3 Å². The van der Waals surface area contributed by atoms with Gasteiger partial charge in [-0.25, -0.2) is 0 Å². The third-order valence-electron chi connectivity index (χ3n) is 2.41. The van der Waals surface area contributed by atoms with Gasteiger partial charge in [0.05, 0.1) is 37.0 Å². The van der Waals surface area contributed by atoms with Gasteiger partial charge >= 0.3 is 0 Å². The second-order valence-corrected chi connectivity index (χ2v) is 4.89. The van der Waals surface area contributed by atoms with Gasteiger partial charge < -0.3 is 14.8 Å². The number of ether oxygens (including phenoxy) is 2. The van der Waals surface area contributed by atoms with E-state index in [1.807, 2.05) is 12.3 Å². The molecule has 96 valence electrons. The van der Waals surface area contributed by atoms with Crippen molar-refractivity contribution in [1.29, 1.82) is 0 Å². The van der Waals surface area contributed by atoms with Gasteiger partial charge in [-0.1, -0.05) is 11.6 Å². The lowest BCUT2D eigenvalue weighted by atomic mass is 10.2. The molecule has 0 radical (unpaired) electrons. The van der Waals surface area contributed by atoms with E-state index < -0.39 is 0 Å². The zero-order chi connectivity index (χ0) is 13.0. The average Bonchev–Trinajstić information content (AvgIpc) is 2.90. The molecule has 0 aliphatic carbocycles. The maximum absolute atomic E-state index is 6.17. The van der Waals surface area contributed by atoms with E-state index in [0.717, 1.165) is 10.6 Å². The van der Waals surface area contributed by atoms with E-state index in [4.69, 9.17) is 21.1 Å². The smallest absolute Gasteiger partial charge is 0.162 e. The molecule has 4 nitrogen and oxygen atoms in total. The summed E-state index contributed by atoms with van der Waals surface area (Å²) >= 11 is 7.76. The summed E-state index contributed by atoms with van der Waals surface area (Å²) in [4.78, 5) is 5.16. The third kappa shape index (κ3) is 2.86. The van der Waals surface area contributed by atoms with Gasteiger partial charge in [0.1, 0.15) is 0 Å². The summed E-state index contributed by atoms with van der Waals surface area (Å²) in [5.74, 6) is 1.26. The highest BCUT2D eigenvalue weighted by Gasteiger charge is 2.09. The lowest BCUT2D eigenvalue weighted by Gasteiger charge is -2.12. The summed E-state index contributed by atoms with van der Waals surface area (Å²) in [6.45, 7) is 0.680. The molecule has 0 bridgehead atoms. The molecule has 0 saturated carbocycles. The van der Waals surface area contributed by atoms with Crippen LogP contribution in [-0.2, 0) is 6.54 Å². The van der Waals surface area contributed by atoms with Gasteiger partial charge in [-0.05, 0) is 0 Å². The van der Waals surface area contributed by atoms with E-state index in [-0.39, 0.29) is 0 Å². The number of aromatic nitrogens is 1. The predicted octanol–water partition coefficient (Wildman–Crippen LogP) is 3.43. The Bertz CT molecular complexity index is 517. The van der Waals surface area contributed by atoms with E-state index in [1.54, 1.807) is 37.1 Å². The van der Waals surface area contributed by atoms with Crippen molar-refractivity contribution in [2.75, 3.05) is 19.5 Å². The summed E-state index contributed by atoms with van der Waals surface area (Å²) in [7, 11) is 3.18. The molecule has 1 aromatic carbocycles. The number of methoxy groups -OCH3 is 2. The predicted molar refractivity (Wildman–Crippen MR) is 74.0 cm³/mol. The lowest BCUT2D eigenvalue weighted by Crippen LogP contribution is -2.00. The highest BCUT2D eigenvalue weighted by atomic mass is 35.5. The van der Waals surface area contributed by atoms with Crippen molar-refractivity contribution >= 4 is 28.6 Å². The Labute approximate surface area is 115 Å². The second-order valence-electron chi connectivity index (χ2n) is 3.51. The van der Waals surface area contributed by atoms with Gasteiger partial charge in [0.2, 0.25) is 0 Å². The van der Waals surface area contributed by atoms with Crippen LogP contribution in [0.5, 0.6) is 11.5 Å². The van der Waals surface area contributed by atoms with Crippen LogP contribution in [0.25, 0.3) is 0 Å². The molecule has 1 N–H and O–H groups in total. The van der Waals surface area contributed by atoms with Crippen LogP contribution in [0.15, 0.2) is 23.8 Å². The van der Waals surface area contributed by atoms with Gasteiger partial charge in [-0.2, -0.15) is 0 Å². The van der Waals surface area contributed by atoms with Crippen LogP contribution in [0.1, 0.15) is 4.88 Å². The maximum atomic E-state index is 6.17. The molecule has 0 saturated heterocycles. The SMILES string of the molecule is COc1cc(Cl)c(NCc2cncs2)cc1OC. The van der Waals surface area contributed by atoms with Gasteiger partial charge in [0.15, 0.2) is 11.5 Å². The van der Waals surface area contributed by atoms with Gasteiger partial charge in [0.25, 0.3) is 0 Å². The molecule has 0 atom stereocenters. The molecule has 1 aromatic heterocycles. The van der Waals surface area contributed by atoms with Gasteiger partial charge in [0, 0.05) is 23.2 Å². The van der Waals surface area contributed by atoms with Crippen molar-refractivity contribution in [2.24, 2.45) is 0 Å². The number of halogens is 1. The summed E-state index contributed by atoms with van der Waals surface area (Å²) in [5.41, 5.74) is 2.61. The molecular weight excluding hydrogens is 272 g/mol. The molecule has 2 aromatic rings. The van der Waals surface area contributed by atoms with Crippen molar-refractivity contribution in [2.45, 2.75) is 6.54 Å². The van der Waals surface area contributed by atoms with Crippen LogP contribution >= 0.6 is 22.9 Å². The zero-order valence-corrected chi connectivity index (χ0v) is 11.6. The molecule has 0 aliphatic heterocycles. The Morgan fingerprint density at radius 2 is 2.00 bits per heavy atom. The molecular formula is C12H13ClN2O2S. The summed E-state index contributed by atoms with van der Waals surface area (Å²) < 4.78 is 10.4. The normalized spacial score (nSPS) is 10.2. The first-order valence-corrected chi connectivity index (χ1v) is 6.53. The highest BCUT2D eigenvalue weighted by molar-refractivity contribution is 7.09. The topological polar surface area (TPSA) is 43.4 Å². The Kier molecular flexibility index (Phi) is 4.28. The molecule has 0 aliphatic rings. The second kappa shape index (κ2) is 5.93. The maximum Gasteiger partial charge on any atom is 0.162 e. The first-order valence-electron chi connectivity index (χ1n) is 5.27. The number of anilines is 1. The van der Waals surface area contributed by atoms with Crippen molar-refractivity contribution in [1.82, 2.24) is 4.98 Å². The minimum Gasteiger partial charge on any atom is -0.493 e. The molecule has 1 heterocycles. The van der Waals surface area contributed by atoms with Crippen molar-refractivity contribution < 1.29 is 9.47 Å². The number of nitrogens with one attached hydrogen (secondary N) is 1. The van der Waals surface area contributed by atoms with Crippen molar-refractivity contribution in [3.05, 3.63) is 33.7 Å². The molecule has 6 heteroatoms. The molecule has 2 rings (SSSR count). The first kappa shape index (κ1) is 13.0. The Morgan fingerprint density at radius 3 is 2.61 bits per heavy atom. The summed E-state index contributed by atoms with van der Waals surface area (Å²) in [5, 5.41) is 3.84. The van der Waals surface area contributed by atoms with Crippen LogP contribution in [0.3, 0.4) is 0 Å². The fourth-order valence-electron chi connectivity index (χ4n) is 1.50. The van der Waals surface area contributed by atoms with E-state index in [0.29, 0.717) is 23.1 Å². The quantitative estimate of drug-likeness (QED) is 0.913. The average molecular weight is 285 g/mol. The minimum atomic E-state index is 0.595. The minimum absolute atomic E-state index is 0.595. The molecule has 0 amide bonds. The van der Waals surface area contributed by atoms with Gasteiger partial charge in [-0.3, -0.25) is 4.98 Å². The van der Waals surface area contributed by atoms with E-state index in [1.165, 1.54) is 0 Å². The molecule has 0 fully saturated rings. The lowest BCUT2D eigenvalue weighted by molar-refractivity contribution is 0.355. The number of benzene rings is 1. The third-order valence-corrected chi connectivity index (χ3v) is 3.50. The zero-order valence-electron chi connectivity index (χ0n) is 10.1. The van der Waals surface area contributed by atoms with E-state index >= 15 is 0 Å². The largest absolute Gasteiger partial charge is 0.493 e. The van der Waals surface area contributed by atoms with Crippen molar-refractivity contribution in [3.63, 3.8) is 0 Å². The van der Waals surface area contributed by atoms with Crippen molar-refractivity contribution in [3.8, 4) is 11.5 Å². The number of thiazole rings is 1. The summed E-state index contributed by atoms with van der Waals surface area (Å²) in [6, 6.07) is 3.55. The first-order chi connectivity index (χ1) is 8.74. The Balaban J connectivity index is 2.17. The van der Waals surface area contributed by atoms with Crippen LogP contribution in [-0.4, -0.2) is 19.2 Å². The Morgan fingerprint density at radius 1 is 1.28 bits per heavy atom. The van der Waals surface area contributed by atoms with Crippen LogP contribution in [0, 0.1) is 0 Å². The summed E-state index contributed by atoms with van der Waals surface area (Å²) in [6.07, 6.45) is 1.83. The van der Waals surface area contributed by atoms with Crippen LogP contribution < -0.4 is 14.8 Å². The standard InChI is InChI=1S/C12H13ClN2O2S/c1-16-11-3-9(13)10(4-12(11)17-2)15-6-8-5-14-7-18-8/h3-5,7,15H,6H2,1-2H3. The Hall–Kier alpha value is -1.46. The number of hydrogen-bond acceptors (Lipinski definition) is 5. The van der Waals surface area contributed by atoms with E-state index in [2.05, 4.69) is 10.3 Å². The number of nitrogens with zero attached hydrogens (tertiary/aromatic N) is 1. The molecule has 18 heavy (non-hydrogen) atoms. The molecule has 0 spiro atoms. The van der Waals surface area contributed by atoms with Crippen LogP contribution in [0.2, 0.25) is 5.02 Å². The number of rotatable bonds is 5. The number of hydrogen-bond donors (Lipinski definition) is 1. The van der Waals surface area contributed by atoms with Crippen LogP contribution in [0.4, 0.5) is 5.69 Å². The highest BCUT2D eigenvalue weighted by Crippen LogP contribution is 2.36.